The lowest BCUT2D eigenvalue weighted by Crippen LogP contribution is -2.56. The second-order valence-electron chi connectivity index (χ2n) is 6.12. The van der Waals surface area contributed by atoms with Crippen LogP contribution in [-0.4, -0.2) is 21.4 Å². The largest absolute Gasteiger partial charge is 0.294 e. The summed E-state index contributed by atoms with van der Waals surface area (Å²) in [4.78, 5) is 41.5. The Hall–Kier alpha value is -2.50. The summed E-state index contributed by atoms with van der Waals surface area (Å²) in [6.07, 6.45) is 1.21. The highest BCUT2D eigenvalue weighted by molar-refractivity contribution is 6.01. The molecule has 1 N–H and O–H groups in total. The monoisotopic (exact) mass is 313 g/mol. The highest BCUT2D eigenvalue weighted by Crippen LogP contribution is 2.27. The Kier molecular flexibility index (Phi) is 3.55. The second kappa shape index (κ2) is 5.30. The molecule has 1 atom stereocenters. The third-order valence-electron chi connectivity index (χ3n) is 4.61. The van der Waals surface area contributed by atoms with Crippen molar-refractivity contribution in [1.82, 2.24) is 14.9 Å². The van der Waals surface area contributed by atoms with Gasteiger partial charge in [-0.3, -0.25) is 24.3 Å². The van der Waals surface area contributed by atoms with Crippen molar-refractivity contribution in [3.63, 3.8) is 0 Å². The number of fused-ring (bicyclic) bond motifs is 1. The number of amides is 2. The summed E-state index contributed by atoms with van der Waals surface area (Å²) in [5.41, 5.74) is 0.220. The third kappa shape index (κ3) is 2.25. The van der Waals surface area contributed by atoms with Gasteiger partial charge in [0.2, 0.25) is 5.91 Å². The van der Waals surface area contributed by atoms with E-state index in [1.54, 1.807) is 19.9 Å². The molecule has 1 aromatic carbocycles. The van der Waals surface area contributed by atoms with Crippen molar-refractivity contribution >= 4 is 22.7 Å². The highest BCUT2D eigenvalue weighted by atomic mass is 16.2. The molecule has 1 fully saturated rings. The first-order valence-electron chi connectivity index (χ1n) is 7.74. The summed E-state index contributed by atoms with van der Waals surface area (Å²) in [6.45, 7) is 5.38. The van der Waals surface area contributed by atoms with Crippen LogP contribution < -0.4 is 10.9 Å². The number of benzene rings is 1. The normalized spacial score (nSPS) is 21.5. The van der Waals surface area contributed by atoms with Crippen molar-refractivity contribution in [2.75, 3.05) is 0 Å². The number of rotatable bonds is 2. The van der Waals surface area contributed by atoms with E-state index in [4.69, 9.17) is 0 Å². The maximum absolute atomic E-state index is 13.1. The van der Waals surface area contributed by atoms with E-state index < -0.39 is 11.4 Å². The van der Waals surface area contributed by atoms with Crippen LogP contribution in [0, 0.1) is 6.92 Å². The highest BCUT2D eigenvalue weighted by Gasteiger charge is 2.42. The summed E-state index contributed by atoms with van der Waals surface area (Å²) in [6, 6.07) is 5.59. The summed E-state index contributed by atoms with van der Waals surface area (Å²) < 4.78 is 1.44. The zero-order valence-corrected chi connectivity index (χ0v) is 13.5. The lowest BCUT2D eigenvalue weighted by atomic mass is 9.90. The molecule has 6 heteroatoms. The zero-order valence-electron chi connectivity index (χ0n) is 13.5. The van der Waals surface area contributed by atoms with E-state index >= 15 is 0 Å². The molecule has 0 aliphatic carbocycles. The third-order valence-corrected chi connectivity index (χ3v) is 4.61. The smallest absolute Gasteiger partial charge is 0.262 e. The molecule has 1 saturated heterocycles. The number of hydrogen-bond donors (Lipinski definition) is 1. The molecule has 1 aliphatic rings. The van der Waals surface area contributed by atoms with E-state index in [1.807, 2.05) is 19.1 Å². The molecule has 0 spiro atoms. The number of imide groups is 1. The Morgan fingerprint density at radius 3 is 2.70 bits per heavy atom. The van der Waals surface area contributed by atoms with Crippen LogP contribution >= 0.6 is 0 Å². The molecule has 3 rings (SSSR count). The predicted molar refractivity (Wildman–Crippen MR) is 86.1 cm³/mol. The van der Waals surface area contributed by atoms with Crippen LogP contribution in [0.5, 0.6) is 0 Å². The van der Waals surface area contributed by atoms with Gasteiger partial charge in [0.05, 0.1) is 10.9 Å². The minimum atomic E-state index is -1.10. The van der Waals surface area contributed by atoms with Crippen LogP contribution in [0.3, 0.4) is 0 Å². The van der Waals surface area contributed by atoms with Gasteiger partial charge in [0.25, 0.3) is 11.5 Å². The number of carbonyl (C=O) groups excluding carboxylic acids is 2. The van der Waals surface area contributed by atoms with E-state index in [0.29, 0.717) is 29.6 Å². The minimum Gasteiger partial charge on any atom is -0.294 e. The summed E-state index contributed by atoms with van der Waals surface area (Å²) in [5.74, 6) is -0.280. The van der Waals surface area contributed by atoms with Crippen LogP contribution in [0.15, 0.2) is 23.0 Å². The lowest BCUT2D eigenvalue weighted by molar-refractivity contribution is -0.140. The van der Waals surface area contributed by atoms with Crippen LogP contribution in [0.2, 0.25) is 0 Å². The molecule has 2 heterocycles. The van der Waals surface area contributed by atoms with E-state index in [-0.39, 0.29) is 17.9 Å². The Bertz CT molecular complexity index is 885. The molecule has 0 radical (unpaired) electrons. The predicted octanol–water partition coefficient (Wildman–Crippen LogP) is 1.42. The SMILES string of the molecule is CCc1cccc2nc(C)n([C@]3(C)CCC(=O)NC3=O)c(=O)c12. The fraction of sp³-hybridized carbons (Fsp3) is 0.412. The van der Waals surface area contributed by atoms with Gasteiger partial charge in [0.15, 0.2) is 0 Å². The van der Waals surface area contributed by atoms with Gasteiger partial charge in [-0.05, 0) is 38.3 Å². The number of carbonyl (C=O) groups is 2. The van der Waals surface area contributed by atoms with E-state index in [2.05, 4.69) is 10.3 Å². The first kappa shape index (κ1) is 15.4. The van der Waals surface area contributed by atoms with Gasteiger partial charge in [-0.1, -0.05) is 19.1 Å². The van der Waals surface area contributed by atoms with Gasteiger partial charge < -0.3 is 0 Å². The maximum atomic E-state index is 13.1. The van der Waals surface area contributed by atoms with Crippen molar-refractivity contribution in [2.45, 2.75) is 45.6 Å². The maximum Gasteiger partial charge on any atom is 0.262 e. The molecule has 120 valence electrons. The molecule has 2 amide bonds. The van der Waals surface area contributed by atoms with E-state index in [0.717, 1.165) is 5.56 Å². The molecule has 1 aliphatic heterocycles. The van der Waals surface area contributed by atoms with Crippen LogP contribution in [0.25, 0.3) is 10.9 Å². The molecule has 0 unspecified atom stereocenters. The van der Waals surface area contributed by atoms with Gasteiger partial charge in [-0.25, -0.2) is 4.98 Å². The lowest BCUT2D eigenvalue weighted by Gasteiger charge is -2.34. The van der Waals surface area contributed by atoms with Crippen molar-refractivity contribution in [1.29, 1.82) is 0 Å². The fourth-order valence-corrected chi connectivity index (χ4v) is 3.29. The van der Waals surface area contributed by atoms with Crippen molar-refractivity contribution in [2.24, 2.45) is 0 Å². The van der Waals surface area contributed by atoms with Gasteiger partial charge in [-0.2, -0.15) is 0 Å². The van der Waals surface area contributed by atoms with Gasteiger partial charge in [0.1, 0.15) is 11.4 Å². The molecule has 2 aromatic rings. The topological polar surface area (TPSA) is 81.1 Å². The Labute approximate surface area is 133 Å². The number of hydrogen-bond acceptors (Lipinski definition) is 4. The van der Waals surface area contributed by atoms with Crippen molar-refractivity contribution in [3.05, 3.63) is 39.9 Å². The van der Waals surface area contributed by atoms with E-state index in [9.17, 15) is 14.4 Å². The van der Waals surface area contributed by atoms with Crippen molar-refractivity contribution in [3.8, 4) is 0 Å². The van der Waals surface area contributed by atoms with Crippen LogP contribution in [0.4, 0.5) is 0 Å². The minimum absolute atomic E-state index is 0.210. The Morgan fingerprint density at radius 1 is 1.30 bits per heavy atom. The first-order valence-corrected chi connectivity index (χ1v) is 7.74. The summed E-state index contributed by atoms with van der Waals surface area (Å²) >= 11 is 0. The quantitative estimate of drug-likeness (QED) is 0.850. The number of nitrogens with one attached hydrogen (secondary N) is 1. The molecule has 6 nitrogen and oxygen atoms in total. The van der Waals surface area contributed by atoms with Gasteiger partial charge in [0, 0.05) is 6.42 Å². The summed E-state index contributed by atoms with van der Waals surface area (Å²) in [5, 5.41) is 2.88. The average molecular weight is 313 g/mol. The molecule has 0 saturated carbocycles. The molecule has 23 heavy (non-hydrogen) atoms. The van der Waals surface area contributed by atoms with Gasteiger partial charge in [-0.15, -0.1) is 0 Å². The van der Waals surface area contributed by atoms with Crippen molar-refractivity contribution < 1.29 is 9.59 Å². The number of nitrogens with zero attached hydrogens (tertiary/aromatic N) is 2. The zero-order chi connectivity index (χ0) is 16.8. The standard InChI is InChI=1S/C17H19N3O3/c1-4-11-6-5-7-12-14(11)15(22)20(10(2)18-12)17(3)9-8-13(21)19-16(17)23/h5-7H,4,8-9H2,1-3H3,(H,19,21,23)/t17-/m1/s1. The van der Waals surface area contributed by atoms with Crippen LogP contribution in [0.1, 0.15) is 38.1 Å². The van der Waals surface area contributed by atoms with Gasteiger partial charge >= 0.3 is 0 Å². The fourth-order valence-electron chi connectivity index (χ4n) is 3.29. The number of piperidine rings is 1. The number of aromatic nitrogens is 2. The second-order valence-corrected chi connectivity index (χ2v) is 6.12. The molecular formula is C17H19N3O3. The summed E-state index contributed by atoms with van der Waals surface area (Å²) in [7, 11) is 0. The number of aryl methyl sites for hydroxylation is 2. The van der Waals surface area contributed by atoms with E-state index in [1.165, 1.54) is 4.57 Å². The van der Waals surface area contributed by atoms with Crippen LogP contribution in [-0.2, 0) is 21.5 Å². The first-order chi connectivity index (χ1) is 10.9. The molecule has 0 bridgehead atoms. The Balaban J connectivity index is 2.32. The molecule has 1 aromatic heterocycles. The average Bonchev–Trinajstić information content (AvgIpc) is 2.50. The Morgan fingerprint density at radius 2 is 2.04 bits per heavy atom. The molecular weight excluding hydrogens is 294 g/mol.